The summed E-state index contributed by atoms with van der Waals surface area (Å²) in [5.41, 5.74) is 4.16. The number of nitrogens with one attached hydrogen (secondary N) is 2. The van der Waals surface area contributed by atoms with E-state index < -0.39 is 23.3 Å². The number of rotatable bonds is 8. The molecule has 3 aromatic carbocycles. The third-order valence-corrected chi connectivity index (χ3v) is 9.10. The Bertz CT molecular complexity index is 2010. The fourth-order valence-electron chi connectivity index (χ4n) is 6.19. The van der Waals surface area contributed by atoms with Gasteiger partial charge in [-0.3, -0.25) is 9.59 Å². The molecule has 5 aromatic rings. The third-order valence-electron chi connectivity index (χ3n) is 8.35. The van der Waals surface area contributed by atoms with E-state index in [4.69, 9.17) is 9.15 Å². The molecule has 0 radical (unpaired) electrons. The quantitative estimate of drug-likeness (QED) is 0.173. The number of alkyl carbamates (subject to hydrolysis) is 1. The fraction of sp³-hybridized carbons (Fsp3) is 0.342. The van der Waals surface area contributed by atoms with E-state index in [2.05, 4.69) is 38.3 Å². The summed E-state index contributed by atoms with van der Waals surface area (Å²) in [5.74, 6) is 0.473. The largest absolute Gasteiger partial charge is 0.444 e. The summed E-state index contributed by atoms with van der Waals surface area (Å²) in [5, 5.41) is 20.2. The average Bonchev–Trinajstić information content (AvgIpc) is 3.66. The Morgan fingerprint density at radius 2 is 1.71 bits per heavy atom. The van der Waals surface area contributed by atoms with Gasteiger partial charge in [0.05, 0.1) is 12.1 Å². The molecule has 6 rings (SSSR count). The van der Waals surface area contributed by atoms with Crippen LogP contribution in [0, 0.1) is 6.92 Å². The van der Waals surface area contributed by atoms with Crippen LogP contribution in [0.4, 0.5) is 10.5 Å². The molecule has 0 fully saturated rings. The SMILES string of the molecule is Cc1nnc(-c2cscc2-c2ccc(CN3C(=O)C(NC(=O)CC(C)(C)NC(=O)OC(C)(C)C)CCc4c3ccc3ccccc43)cc2)o1. The molecule has 0 saturated heterocycles. The maximum atomic E-state index is 14.3. The Kier molecular flexibility index (Phi) is 9.30. The minimum absolute atomic E-state index is 0.0267. The molecule has 10 nitrogen and oxygen atoms in total. The maximum absolute atomic E-state index is 14.3. The highest BCUT2D eigenvalue weighted by Gasteiger charge is 2.34. The normalized spacial score (nSPS) is 15.1. The first kappa shape index (κ1) is 33.9. The van der Waals surface area contributed by atoms with Gasteiger partial charge in [-0.25, -0.2) is 4.79 Å². The number of benzene rings is 3. The number of hydrogen-bond donors (Lipinski definition) is 2. The van der Waals surface area contributed by atoms with E-state index in [0.29, 0.717) is 31.2 Å². The lowest BCUT2D eigenvalue weighted by Crippen LogP contribution is -2.52. The van der Waals surface area contributed by atoms with Crippen molar-refractivity contribution >= 4 is 45.7 Å². The molecule has 1 aliphatic heterocycles. The second-order valence-corrected chi connectivity index (χ2v) is 14.8. The van der Waals surface area contributed by atoms with Crippen LogP contribution in [-0.4, -0.2) is 45.3 Å². The van der Waals surface area contributed by atoms with Crippen molar-refractivity contribution in [2.75, 3.05) is 4.90 Å². The highest BCUT2D eigenvalue weighted by molar-refractivity contribution is 7.08. The van der Waals surface area contributed by atoms with Crippen molar-refractivity contribution < 1.29 is 23.5 Å². The number of ether oxygens (including phenoxy) is 1. The number of carbonyl (C=O) groups is 3. The van der Waals surface area contributed by atoms with Gasteiger partial charge < -0.3 is 24.7 Å². The monoisotopic (exact) mass is 679 g/mol. The van der Waals surface area contributed by atoms with Crippen LogP contribution in [0.5, 0.6) is 0 Å². The zero-order valence-electron chi connectivity index (χ0n) is 28.6. The summed E-state index contributed by atoms with van der Waals surface area (Å²) in [6.45, 7) is 10.9. The molecular weight excluding hydrogens is 639 g/mol. The van der Waals surface area contributed by atoms with E-state index >= 15 is 0 Å². The molecule has 254 valence electrons. The van der Waals surface area contributed by atoms with E-state index in [0.717, 1.165) is 44.3 Å². The smallest absolute Gasteiger partial charge is 0.408 e. The molecule has 49 heavy (non-hydrogen) atoms. The Labute approximate surface area is 289 Å². The highest BCUT2D eigenvalue weighted by atomic mass is 32.1. The van der Waals surface area contributed by atoms with Crippen LogP contribution in [0.25, 0.3) is 33.4 Å². The second kappa shape index (κ2) is 13.5. The summed E-state index contributed by atoms with van der Waals surface area (Å²) in [6, 6.07) is 19.6. The summed E-state index contributed by atoms with van der Waals surface area (Å²) in [6.07, 6.45) is 0.423. The lowest BCUT2D eigenvalue weighted by atomic mass is 9.97. The molecule has 1 aliphatic rings. The lowest BCUT2D eigenvalue weighted by molar-refractivity contribution is -0.128. The van der Waals surface area contributed by atoms with Gasteiger partial charge in [0.15, 0.2) is 0 Å². The van der Waals surface area contributed by atoms with Gasteiger partial charge >= 0.3 is 6.09 Å². The van der Waals surface area contributed by atoms with Crippen LogP contribution >= 0.6 is 11.3 Å². The number of fused-ring (bicyclic) bond motifs is 3. The van der Waals surface area contributed by atoms with Gasteiger partial charge in [-0.15, -0.1) is 10.2 Å². The first-order valence-corrected chi connectivity index (χ1v) is 17.3. The standard InChI is InChI=1S/C38H41N5O5S/c1-23-41-42-34(47-23)30-22-49-21-29(30)26-13-11-24(12-14-26)20-43-32-18-15-25-9-7-8-10-27(25)28(32)16-17-31(35(43)45)39-33(44)19-38(5,6)40-36(46)48-37(2,3)4/h7-15,18,21-22,31H,16-17,19-20H2,1-6H3,(H,39,44)(H,40,46). The number of amides is 3. The van der Waals surface area contributed by atoms with Gasteiger partial charge in [-0.2, -0.15) is 11.3 Å². The van der Waals surface area contributed by atoms with Gasteiger partial charge in [0.2, 0.25) is 23.6 Å². The van der Waals surface area contributed by atoms with Gasteiger partial charge in [-0.05, 0) is 86.4 Å². The minimum atomic E-state index is -0.897. The summed E-state index contributed by atoms with van der Waals surface area (Å²) in [7, 11) is 0. The van der Waals surface area contributed by atoms with Crippen molar-refractivity contribution in [3.8, 4) is 22.6 Å². The van der Waals surface area contributed by atoms with Crippen molar-refractivity contribution in [3.05, 3.63) is 88.4 Å². The molecule has 3 amide bonds. The van der Waals surface area contributed by atoms with Crippen molar-refractivity contribution in [1.82, 2.24) is 20.8 Å². The lowest BCUT2D eigenvalue weighted by Gasteiger charge is -2.30. The van der Waals surface area contributed by atoms with E-state index in [9.17, 15) is 14.4 Å². The van der Waals surface area contributed by atoms with E-state index in [1.54, 1.807) is 57.8 Å². The van der Waals surface area contributed by atoms with Gasteiger partial charge in [0.1, 0.15) is 11.6 Å². The Morgan fingerprint density at radius 1 is 0.980 bits per heavy atom. The zero-order chi connectivity index (χ0) is 34.9. The minimum Gasteiger partial charge on any atom is -0.444 e. The molecule has 0 saturated carbocycles. The fourth-order valence-corrected chi connectivity index (χ4v) is 7.02. The molecule has 0 spiro atoms. The topological polar surface area (TPSA) is 127 Å². The van der Waals surface area contributed by atoms with E-state index in [-0.39, 0.29) is 18.2 Å². The number of nitrogens with zero attached hydrogens (tertiary/aromatic N) is 3. The molecule has 2 aromatic heterocycles. The van der Waals surface area contributed by atoms with Crippen molar-refractivity contribution in [2.24, 2.45) is 0 Å². The van der Waals surface area contributed by atoms with Crippen molar-refractivity contribution in [1.29, 1.82) is 0 Å². The Hall–Kier alpha value is -5.03. The van der Waals surface area contributed by atoms with Crippen molar-refractivity contribution in [2.45, 2.75) is 84.5 Å². The van der Waals surface area contributed by atoms with Gasteiger partial charge in [0, 0.05) is 35.5 Å². The summed E-state index contributed by atoms with van der Waals surface area (Å²) >= 11 is 1.56. The Balaban J connectivity index is 1.24. The van der Waals surface area contributed by atoms with Gasteiger partial charge in [0.25, 0.3) is 0 Å². The molecule has 3 heterocycles. The van der Waals surface area contributed by atoms with Crippen LogP contribution in [0.2, 0.25) is 0 Å². The Morgan fingerprint density at radius 3 is 2.43 bits per heavy atom. The molecule has 1 unspecified atom stereocenters. The number of anilines is 1. The van der Waals surface area contributed by atoms with Crippen LogP contribution in [0.3, 0.4) is 0 Å². The molecule has 0 aliphatic carbocycles. The summed E-state index contributed by atoms with van der Waals surface area (Å²) < 4.78 is 11.1. The molecule has 2 N–H and O–H groups in total. The average molecular weight is 680 g/mol. The predicted molar refractivity (Wildman–Crippen MR) is 191 cm³/mol. The second-order valence-electron chi connectivity index (χ2n) is 14.1. The number of carbonyl (C=O) groups excluding carboxylic acids is 3. The molecule has 11 heteroatoms. The number of aromatic nitrogens is 2. The van der Waals surface area contributed by atoms with Gasteiger partial charge in [-0.1, -0.05) is 54.6 Å². The van der Waals surface area contributed by atoms with Crippen LogP contribution in [0.1, 0.15) is 64.5 Å². The number of thiophene rings is 1. The van der Waals surface area contributed by atoms with E-state index in [1.807, 2.05) is 53.9 Å². The van der Waals surface area contributed by atoms with Crippen molar-refractivity contribution in [3.63, 3.8) is 0 Å². The number of hydrogen-bond acceptors (Lipinski definition) is 8. The molecular formula is C38H41N5O5S. The van der Waals surface area contributed by atoms with E-state index in [1.165, 1.54) is 0 Å². The summed E-state index contributed by atoms with van der Waals surface area (Å²) in [4.78, 5) is 42.0. The molecule has 0 bridgehead atoms. The highest BCUT2D eigenvalue weighted by Crippen LogP contribution is 2.37. The maximum Gasteiger partial charge on any atom is 0.408 e. The van der Waals surface area contributed by atoms with Crippen LogP contribution in [-0.2, 0) is 27.3 Å². The first-order valence-electron chi connectivity index (χ1n) is 16.3. The zero-order valence-corrected chi connectivity index (χ0v) is 29.4. The predicted octanol–water partition coefficient (Wildman–Crippen LogP) is 7.58. The third kappa shape index (κ3) is 7.83. The number of aryl methyl sites for hydroxylation is 2. The van der Waals surface area contributed by atoms with Crippen LogP contribution < -0.4 is 15.5 Å². The molecule has 1 atom stereocenters. The first-order chi connectivity index (χ1) is 23.3. The van der Waals surface area contributed by atoms with Crippen LogP contribution in [0.15, 0.2) is 75.8 Å².